The first-order chi connectivity index (χ1) is 11.3. The fourth-order valence-electron chi connectivity index (χ4n) is 3.05. The summed E-state index contributed by atoms with van der Waals surface area (Å²) in [5.74, 6) is -2.94. The summed E-state index contributed by atoms with van der Waals surface area (Å²) in [6.07, 6.45) is -4.51. The van der Waals surface area contributed by atoms with Gasteiger partial charge >= 0.3 is 12.1 Å². The second-order valence-electron chi connectivity index (χ2n) is 5.61. The molecule has 0 unspecified atom stereocenters. The maximum Gasteiger partial charge on any atom is 0.416 e. The Morgan fingerprint density at radius 2 is 2.04 bits per heavy atom. The van der Waals surface area contributed by atoms with Crippen LogP contribution < -0.4 is 0 Å². The highest BCUT2D eigenvalue weighted by molar-refractivity contribution is 5.87. The molecule has 132 valence electrons. The SMILES string of the molecule is COCCCN1C(=O)C[C@H](C(=O)O)[C@H]1c1ccccc1C(F)(F)F. The highest BCUT2D eigenvalue weighted by Gasteiger charge is 2.47. The molecule has 1 aromatic carbocycles. The van der Waals surface area contributed by atoms with E-state index in [2.05, 4.69) is 0 Å². The van der Waals surface area contributed by atoms with Crippen molar-refractivity contribution < 1.29 is 32.6 Å². The van der Waals surface area contributed by atoms with Crippen molar-refractivity contribution in [1.29, 1.82) is 0 Å². The first-order valence-electron chi connectivity index (χ1n) is 7.44. The Balaban J connectivity index is 2.45. The molecule has 1 aliphatic heterocycles. The van der Waals surface area contributed by atoms with Crippen LogP contribution in [0.3, 0.4) is 0 Å². The van der Waals surface area contributed by atoms with Crippen LogP contribution in [0.1, 0.15) is 30.0 Å². The van der Waals surface area contributed by atoms with Crippen LogP contribution in [0.2, 0.25) is 0 Å². The highest BCUT2D eigenvalue weighted by atomic mass is 19.4. The minimum Gasteiger partial charge on any atom is -0.481 e. The largest absolute Gasteiger partial charge is 0.481 e. The number of carboxylic acid groups (broad SMARTS) is 1. The Morgan fingerprint density at radius 1 is 1.38 bits per heavy atom. The summed E-state index contributed by atoms with van der Waals surface area (Å²) < 4.78 is 44.8. The summed E-state index contributed by atoms with van der Waals surface area (Å²) in [6, 6.07) is 3.67. The maximum absolute atomic E-state index is 13.3. The van der Waals surface area contributed by atoms with Gasteiger partial charge in [0.05, 0.1) is 17.5 Å². The second kappa shape index (κ2) is 7.21. The summed E-state index contributed by atoms with van der Waals surface area (Å²) in [6.45, 7) is 0.475. The van der Waals surface area contributed by atoms with Gasteiger partial charge in [0, 0.05) is 26.7 Å². The fourth-order valence-corrected chi connectivity index (χ4v) is 3.05. The number of nitrogens with zero attached hydrogens (tertiary/aromatic N) is 1. The standard InChI is InChI=1S/C16H18F3NO4/c1-24-8-4-7-20-13(21)9-11(15(22)23)14(20)10-5-2-3-6-12(10)16(17,18)19/h2-3,5-6,11,14H,4,7-9H2,1H3,(H,22,23)/t11-,14+/m0/s1. The molecule has 24 heavy (non-hydrogen) atoms. The normalized spacial score (nSPS) is 21.3. The molecule has 0 aliphatic carbocycles. The summed E-state index contributed by atoms with van der Waals surface area (Å²) >= 11 is 0. The van der Waals surface area contributed by atoms with Crippen molar-refractivity contribution in [1.82, 2.24) is 4.90 Å². The van der Waals surface area contributed by atoms with E-state index in [4.69, 9.17) is 4.74 Å². The Bertz CT molecular complexity index is 618. The number of benzene rings is 1. The third-order valence-electron chi connectivity index (χ3n) is 4.08. The predicted octanol–water partition coefficient (Wildman–Crippen LogP) is 2.72. The van der Waals surface area contributed by atoms with Gasteiger partial charge in [-0.25, -0.2) is 0 Å². The van der Waals surface area contributed by atoms with Crippen molar-refractivity contribution in [2.45, 2.75) is 25.1 Å². The van der Waals surface area contributed by atoms with Gasteiger partial charge < -0.3 is 14.7 Å². The number of halogens is 3. The number of likely N-dealkylation sites (tertiary alicyclic amines) is 1. The second-order valence-corrected chi connectivity index (χ2v) is 5.61. The van der Waals surface area contributed by atoms with Crippen molar-refractivity contribution in [3.05, 3.63) is 35.4 Å². The Labute approximate surface area is 137 Å². The van der Waals surface area contributed by atoms with Gasteiger partial charge in [-0.15, -0.1) is 0 Å². The molecule has 0 spiro atoms. The average Bonchev–Trinajstić information content (AvgIpc) is 2.84. The van der Waals surface area contributed by atoms with Crippen LogP contribution in [0.25, 0.3) is 0 Å². The molecule has 1 amide bonds. The number of rotatable bonds is 6. The number of carboxylic acids is 1. The lowest BCUT2D eigenvalue weighted by molar-refractivity contribution is -0.144. The van der Waals surface area contributed by atoms with Crippen molar-refractivity contribution in [2.24, 2.45) is 5.92 Å². The molecular formula is C16H18F3NO4. The Morgan fingerprint density at radius 3 is 2.62 bits per heavy atom. The fraction of sp³-hybridized carbons (Fsp3) is 0.500. The van der Waals surface area contributed by atoms with Gasteiger partial charge in [0.15, 0.2) is 0 Å². The third-order valence-corrected chi connectivity index (χ3v) is 4.08. The van der Waals surface area contributed by atoms with Crippen molar-refractivity contribution in [2.75, 3.05) is 20.3 Å². The molecule has 2 rings (SSSR count). The number of amides is 1. The molecule has 0 saturated carbocycles. The molecule has 1 N–H and O–H groups in total. The van der Waals surface area contributed by atoms with Crippen molar-refractivity contribution in [3.8, 4) is 0 Å². The molecule has 1 aliphatic rings. The first-order valence-corrected chi connectivity index (χ1v) is 7.44. The average molecular weight is 345 g/mol. The molecule has 2 atom stereocenters. The smallest absolute Gasteiger partial charge is 0.416 e. The number of alkyl halides is 3. The Hall–Kier alpha value is -2.09. The van der Waals surface area contributed by atoms with Crippen LogP contribution in [0.5, 0.6) is 0 Å². The van der Waals surface area contributed by atoms with Crippen molar-refractivity contribution >= 4 is 11.9 Å². The van der Waals surface area contributed by atoms with Gasteiger partial charge in [-0.2, -0.15) is 13.2 Å². The predicted molar refractivity (Wildman–Crippen MR) is 78.1 cm³/mol. The summed E-state index contributed by atoms with van der Waals surface area (Å²) in [5, 5.41) is 9.36. The van der Waals surface area contributed by atoms with Crippen molar-refractivity contribution in [3.63, 3.8) is 0 Å². The molecule has 0 bridgehead atoms. The van der Waals surface area contributed by atoms with Gasteiger partial charge in [-0.05, 0) is 18.1 Å². The number of aliphatic carboxylic acids is 1. The monoisotopic (exact) mass is 345 g/mol. The highest BCUT2D eigenvalue weighted by Crippen LogP contribution is 2.43. The topological polar surface area (TPSA) is 66.8 Å². The van der Waals surface area contributed by atoms with Crippen LogP contribution in [0, 0.1) is 5.92 Å². The third kappa shape index (κ3) is 3.69. The van der Waals surface area contributed by atoms with Crippen LogP contribution in [0.15, 0.2) is 24.3 Å². The minimum absolute atomic E-state index is 0.146. The zero-order valence-corrected chi connectivity index (χ0v) is 13.0. The van der Waals surface area contributed by atoms with Crippen LogP contribution in [-0.4, -0.2) is 42.1 Å². The number of hydrogen-bond donors (Lipinski definition) is 1. The number of hydrogen-bond acceptors (Lipinski definition) is 3. The molecule has 8 heteroatoms. The number of methoxy groups -OCH3 is 1. The zero-order valence-electron chi connectivity index (χ0n) is 13.0. The molecule has 5 nitrogen and oxygen atoms in total. The van der Waals surface area contributed by atoms with Gasteiger partial charge in [0.2, 0.25) is 5.91 Å². The molecular weight excluding hydrogens is 327 g/mol. The molecule has 1 saturated heterocycles. The summed E-state index contributed by atoms with van der Waals surface area (Å²) in [7, 11) is 1.47. The number of ether oxygens (including phenoxy) is 1. The maximum atomic E-state index is 13.3. The summed E-state index contributed by atoms with van der Waals surface area (Å²) in [4.78, 5) is 24.9. The van der Waals surface area contributed by atoms with E-state index in [0.29, 0.717) is 13.0 Å². The van der Waals surface area contributed by atoms with E-state index >= 15 is 0 Å². The molecule has 0 radical (unpaired) electrons. The zero-order chi connectivity index (χ0) is 17.9. The lowest BCUT2D eigenvalue weighted by Crippen LogP contribution is -2.33. The molecule has 1 fully saturated rings. The van der Waals surface area contributed by atoms with Gasteiger partial charge in [-0.3, -0.25) is 9.59 Å². The van der Waals surface area contributed by atoms with E-state index in [1.165, 1.54) is 30.2 Å². The van der Waals surface area contributed by atoms with Crippen LogP contribution >= 0.6 is 0 Å². The van der Waals surface area contributed by atoms with Gasteiger partial charge in [-0.1, -0.05) is 18.2 Å². The Kier molecular flexibility index (Phi) is 5.48. The quantitative estimate of drug-likeness (QED) is 0.805. The van der Waals surface area contributed by atoms with Crippen LogP contribution in [0.4, 0.5) is 13.2 Å². The molecule has 0 aromatic heterocycles. The van der Waals surface area contributed by atoms with E-state index < -0.39 is 35.6 Å². The van der Waals surface area contributed by atoms with Crippen LogP contribution in [-0.2, 0) is 20.5 Å². The number of carbonyl (C=O) groups is 2. The minimum atomic E-state index is -4.62. The van der Waals surface area contributed by atoms with E-state index in [-0.39, 0.29) is 18.5 Å². The lowest BCUT2D eigenvalue weighted by atomic mass is 9.90. The molecule has 1 heterocycles. The van der Waals surface area contributed by atoms with E-state index in [0.717, 1.165) is 6.07 Å². The first kappa shape index (κ1) is 18.3. The van der Waals surface area contributed by atoms with E-state index in [1.54, 1.807) is 0 Å². The molecule has 1 aromatic rings. The lowest BCUT2D eigenvalue weighted by Gasteiger charge is -2.29. The van der Waals surface area contributed by atoms with Gasteiger partial charge in [0.1, 0.15) is 0 Å². The van der Waals surface area contributed by atoms with E-state index in [1.807, 2.05) is 0 Å². The summed E-state index contributed by atoms with van der Waals surface area (Å²) in [5.41, 5.74) is -1.09. The number of carbonyl (C=O) groups excluding carboxylic acids is 1. The van der Waals surface area contributed by atoms with E-state index in [9.17, 15) is 27.9 Å². The van der Waals surface area contributed by atoms with Gasteiger partial charge in [0.25, 0.3) is 0 Å².